The third kappa shape index (κ3) is 4.46. The fraction of sp³-hybridized carbons (Fsp3) is 0. The van der Waals surface area contributed by atoms with Crippen molar-refractivity contribution in [3.8, 4) is 45.3 Å². The minimum Gasteiger partial charge on any atom is -0.455 e. The Hall–Kier alpha value is -7.11. The van der Waals surface area contributed by atoms with Crippen LogP contribution in [0, 0.1) is 0 Å². The second-order valence-corrected chi connectivity index (χ2v) is 13.2. The summed E-state index contributed by atoms with van der Waals surface area (Å²) in [5, 5.41) is 8.71. The van der Waals surface area contributed by atoms with Gasteiger partial charge in [-0.05, 0) is 57.4 Å². The summed E-state index contributed by atoms with van der Waals surface area (Å²) in [6, 6.07) is 56.4. The minimum absolute atomic E-state index is 0.541. The smallest absolute Gasteiger partial charge is 0.167 e. The minimum atomic E-state index is 0.541. The lowest BCUT2D eigenvalue weighted by Crippen LogP contribution is -2.00. The summed E-state index contributed by atoms with van der Waals surface area (Å²) in [7, 11) is 0. The van der Waals surface area contributed by atoms with Gasteiger partial charge in [-0.1, -0.05) is 133 Å². The maximum atomic E-state index is 6.70. The van der Waals surface area contributed by atoms with Crippen LogP contribution in [0.25, 0.3) is 111 Å². The Balaban J connectivity index is 1.16. The number of rotatable bonds is 4. The Bertz CT molecular complexity index is 3210. The largest absolute Gasteiger partial charge is 0.455 e. The van der Waals surface area contributed by atoms with E-state index in [1.807, 2.05) is 42.5 Å². The van der Waals surface area contributed by atoms with Crippen molar-refractivity contribution in [2.24, 2.45) is 0 Å². The van der Waals surface area contributed by atoms with E-state index in [4.69, 9.17) is 23.8 Å². The SMILES string of the molecule is c1ccc2cc(-c3nc(-c4cccc5c4oc4ccccc45)nc(-c4cccc5oc6c(-c7ccc8ccccc8c7)cccc6c45)n3)ccc2c1. The van der Waals surface area contributed by atoms with Crippen LogP contribution in [0.5, 0.6) is 0 Å². The zero-order valence-electron chi connectivity index (χ0n) is 27.7. The van der Waals surface area contributed by atoms with Crippen LogP contribution in [0.1, 0.15) is 0 Å². The highest BCUT2D eigenvalue weighted by atomic mass is 16.3. The van der Waals surface area contributed by atoms with Gasteiger partial charge in [0.25, 0.3) is 0 Å². The number of benzene rings is 8. The lowest BCUT2D eigenvalue weighted by atomic mass is 9.98. The van der Waals surface area contributed by atoms with Gasteiger partial charge in [-0.15, -0.1) is 0 Å². The lowest BCUT2D eigenvalue weighted by molar-refractivity contribution is 0.669. The maximum Gasteiger partial charge on any atom is 0.167 e. The first-order valence-corrected chi connectivity index (χ1v) is 17.3. The van der Waals surface area contributed by atoms with Crippen LogP contribution in [-0.2, 0) is 0 Å². The van der Waals surface area contributed by atoms with Crippen molar-refractivity contribution < 1.29 is 8.83 Å². The normalized spacial score (nSPS) is 11.8. The van der Waals surface area contributed by atoms with Crippen LogP contribution in [0.4, 0.5) is 0 Å². The van der Waals surface area contributed by atoms with Crippen molar-refractivity contribution >= 4 is 65.4 Å². The summed E-state index contributed by atoms with van der Waals surface area (Å²) in [4.78, 5) is 15.5. The van der Waals surface area contributed by atoms with E-state index < -0.39 is 0 Å². The van der Waals surface area contributed by atoms with Gasteiger partial charge >= 0.3 is 0 Å². The zero-order valence-corrected chi connectivity index (χ0v) is 27.7. The fourth-order valence-corrected chi connectivity index (χ4v) is 7.62. The van der Waals surface area contributed by atoms with Crippen LogP contribution in [0.2, 0.25) is 0 Å². The molecule has 0 atom stereocenters. The molecule has 11 aromatic rings. The third-order valence-electron chi connectivity index (χ3n) is 10.1. The van der Waals surface area contributed by atoms with Gasteiger partial charge in [-0.3, -0.25) is 0 Å². The molecule has 0 spiro atoms. The lowest BCUT2D eigenvalue weighted by Gasteiger charge is -2.10. The summed E-state index contributed by atoms with van der Waals surface area (Å²) in [6.45, 7) is 0. The van der Waals surface area contributed by atoms with Crippen molar-refractivity contribution in [2.45, 2.75) is 0 Å². The third-order valence-corrected chi connectivity index (χ3v) is 10.1. The molecule has 0 N–H and O–H groups in total. The quantitative estimate of drug-likeness (QED) is 0.187. The number of aromatic nitrogens is 3. The van der Waals surface area contributed by atoms with Gasteiger partial charge in [0.15, 0.2) is 17.5 Å². The van der Waals surface area contributed by atoms with Crippen molar-refractivity contribution in [3.05, 3.63) is 164 Å². The molecule has 3 aromatic heterocycles. The number of para-hydroxylation sites is 3. The van der Waals surface area contributed by atoms with Crippen LogP contribution in [0.3, 0.4) is 0 Å². The number of furan rings is 2. The summed E-state index contributed by atoms with van der Waals surface area (Å²) >= 11 is 0. The van der Waals surface area contributed by atoms with Crippen LogP contribution >= 0.6 is 0 Å². The Morgan fingerprint density at radius 2 is 0.846 bits per heavy atom. The highest BCUT2D eigenvalue weighted by Gasteiger charge is 2.21. The summed E-state index contributed by atoms with van der Waals surface area (Å²) in [5.41, 5.74) is 7.90. The van der Waals surface area contributed by atoms with Gasteiger partial charge in [0, 0.05) is 38.2 Å². The summed E-state index contributed by atoms with van der Waals surface area (Å²) < 4.78 is 13.2. The molecule has 0 amide bonds. The van der Waals surface area contributed by atoms with E-state index in [1.165, 1.54) is 10.8 Å². The van der Waals surface area contributed by atoms with E-state index in [0.29, 0.717) is 17.5 Å². The second kappa shape index (κ2) is 11.2. The fourth-order valence-electron chi connectivity index (χ4n) is 7.62. The second-order valence-electron chi connectivity index (χ2n) is 13.2. The molecule has 0 saturated heterocycles. The molecular weight excluding hydrogens is 639 g/mol. The first-order chi connectivity index (χ1) is 25.7. The molecule has 0 aliphatic heterocycles. The van der Waals surface area contributed by atoms with Gasteiger partial charge in [-0.25, -0.2) is 15.0 Å². The summed E-state index contributed by atoms with van der Waals surface area (Å²) in [6.07, 6.45) is 0. The average molecular weight is 666 g/mol. The molecule has 5 heteroatoms. The van der Waals surface area contributed by atoms with Gasteiger partial charge in [0.1, 0.15) is 22.3 Å². The monoisotopic (exact) mass is 665 g/mol. The van der Waals surface area contributed by atoms with Crippen LogP contribution < -0.4 is 0 Å². The predicted molar refractivity (Wildman–Crippen MR) is 211 cm³/mol. The molecule has 0 saturated carbocycles. The standard InChI is InChI=1S/C47H27N3O2/c1-3-12-30-26-32(24-22-28(30)10-1)34-15-7-17-37-42-38(18-9-21-41(42)52-43(34)37)46-48-45(33-25-23-29-11-2-4-13-31(29)27-33)49-47(50-46)39-19-8-16-36-35-14-5-6-20-40(35)51-44(36)39/h1-27H. The average Bonchev–Trinajstić information content (AvgIpc) is 3.79. The van der Waals surface area contributed by atoms with Gasteiger partial charge in [0.2, 0.25) is 0 Å². The zero-order chi connectivity index (χ0) is 34.2. The molecule has 0 aliphatic rings. The van der Waals surface area contributed by atoms with E-state index >= 15 is 0 Å². The van der Waals surface area contributed by atoms with Crippen LogP contribution in [-0.4, -0.2) is 15.0 Å². The molecule has 242 valence electrons. The van der Waals surface area contributed by atoms with Gasteiger partial charge in [-0.2, -0.15) is 0 Å². The van der Waals surface area contributed by atoms with E-state index in [9.17, 15) is 0 Å². The molecule has 5 nitrogen and oxygen atoms in total. The summed E-state index contributed by atoms with van der Waals surface area (Å²) in [5.74, 6) is 1.69. The molecule has 11 rings (SSSR count). The Morgan fingerprint density at radius 1 is 0.327 bits per heavy atom. The topological polar surface area (TPSA) is 65.0 Å². The van der Waals surface area contributed by atoms with Crippen molar-refractivity contribution in [3.63, 3.8) is 0 Å². The Labute approximate surface area is 297 Å². The molecule has 52 heavy (non-hydrogen) atoms. The number of hydrogen-bond acceptors (Lipinski definition) is 5. The molecule has 0 unspecified atom stereocenters. The number of fused-ring (bicyclic) bond motifs is 8. The molecule has 8 aromatic carbocycles. The number of nitrogens with zero attached hydrogens (tertiary/aromatic N) is 3. The highest BCUT2D eigenvalue weighted by Crippen LogP contribution is 2.42. The van der Waals surface area contributed by atoms with E-state index in [1.54, 1.807) is 0 Å². The molecule has 0 bridgehead atoms. The first kappa shape index (κ1) is 28.7. The van der Waals surface area contributed by atoms with Crippen molar-refractivity contribution in [1.29, 1.82) is 0 Å². The predicted octanol–water partition coefficient (Wildman–Crippen LogP) is 12.6. The maximum absolute atomic E-state index is 6.70. The molecule has 0 radical (unpaired) electrons. The van der Waals surface area contributed by atoms with Crippen LogP contribution in [0.15, 0.2) is 173 Å². The van der Waals surface area contributed by atoms with Gasteiger partial charge in [0.05, 0.1) is 5.56 Å². The molecule has 3 heterocycles. The van der Waals surface area contributed by atoms with Gasteiger partial charge < -0.3 is 8.83 Å². The number of hydrogen-bond donors (Lipinski definition) is 0. The Kier molecular flexibility index (Phi) is 6.18. The molecule has 0 aliphatic carbocycles. The van der Waals surface area contributed by atoms with Crippen molar-refractivity contribution in [1.82, 2.24) is 15.0 Å². The van der Waals surface area contributed by atoms with E-state index in [-0.39, 0.29) is 0 Å². The molecule has 0 fully saturated rings. The van der Waals surface area contributed by atoms with E-state index in [0.717, 1.165) is 82.5 Å². The molecular formula is C47H27N3O2. The highest BCUT2D eigenvalue weighted by molar-refractivity contribution is 6.15. The van der Waals surface area contributed by atoms with E-state index in [2.05, 4.69) is 121 Å². The Morgan fingerprint density at radius 3 is 1.65 bits per heavy atom. The van der Waals surface area contributed by atoms with Crippen molar-refractivity contribution in [2.75, 3.05) is 0 Å². The first-order valence-electron chi connectivity index (χ1n) is 17.3.